The smallest absolute Gasteiger partial charge is 0.0623 e. The van der Waals surface area contributed by atoms with E-state index in [9.17, 15) is 0 Å². The second kappa shape index (κ2) is 10.4. The molecule has 0 nitrogen and oxygen atoms in total. The summed E-state index contributed by atoms with van der Waals surface area (Å²) in [6.07, 6.45) is 0. The van der Waals surface area contributed by atoms with Gasteiger partial charge in [0.2, 0.25) is 0 Å². The Morgan fingerprint density at radius 1 is 0.362 bits per heavy atom. The fourth-order valence-corrected chi connectivity index (χ4v) is 11.2. The maximum atomic E-state index is 2.59. The van der Waals surface area contributed by atoms with Crippen LogP contribution in [0.25, 0.3) is 76.8 Å². The number of rotatable bonds is 3. The van der Waals surface area contributed by atoms with Crippen molar-refractivity contribution in [2.75, 3.05) is 0 Å². The Hall–Kier alpha value is -5.24. The second-order valence-electron chi connectivity index (χ2n) is 13.9. The van der Waals surface area contributed by atoms with Crippen LogP contribution in [0.3, 0.4) is 0 Å². The summed E-state index contributed by atoms with van der Waals surface area (Å²) in [5, 5.41) is 10.9. The fourth-order valence-electron chi connectivity index (χ4n) is 8.09. The van der Waals surface area contributed by atoms with Gasteiger partial charge >= 0.3 is 0 Å². The number of benzene rings is 8. The lowest BCUT2D eigenvalue weighted by Gasteiger charge is -2.23. The second-order valence-corrected chi connectivity index (χ2v) is 18.2. The molecule has 0 fully saturated rings. The average Bonchev–Trinajstić information content (AvgIpc) is 3.33. The normalized spacial score (nSPS) is 13.3. The first kappa shape index (κ1) is 28.0. The van der Waals surface area contributed by atoms with Crippen LogP contribution >= 0.6 is 0 Å². The van der Waals surface area contributed by atoms with Crippen molar-refractivity contribution in [3.05, 3.63) is 157 Å². The molecule has 0 unspecified atom stereocenters. The van der Waals surface area contributed by atoms with Crippen LogP contribution < -0.4 is 10.4 Å². The van der Waals surface area contributed by atoms with Crippen LogP contribution in [0.5, 0.6) is 0 Å². The Kier molecular flexibility index (Phi) is 6.19. The molecule has 1 aliphatic rings. The quantitative estimate of drug-likeness (QED) is 0.137. The molecule has 0 saturated carbocycles. The molecule has 0 bridgehead atoms. The van der Waals surface area contributed by atoms with E-state index in [0.717, 1.165) is 0 Å². The van der Waals surface area contributed by atoms with Gasteiger partial charge in [-0.05, 0) is 130 Å². The molecule has 1 heteroatoms. The summed E-state index contributed by atoms with van der Waals surface area (Å²) >= 11 is 0. The third kappa shape index (κ3) is 4.27. The van der Waals surface area contributed by atoms with E-state index in [1.807, 2.05) is 0 Å². The molecular weight excluding hydrogens is 581 g/mol. The lowest BCUT2D eigenvalue weighted by Crippen LogP contribution is -2.49. The van der Waals surface area contributed by atoms with E-state index in [0.29, 0.717) is 0 Å². The van der Waals surface area contributed by atoms with Crippen LogP contribution in [-0.4, -0.2) is 8.07 Å². The molecule has 224 valence electrons. The highest BCUT2D eigenvalue weighted by atomic mass is 28.3. The first-order valence-electron chi connectivity index (χ1n) is 16.7. The lowest BCUT2D eigenvalue weighted by molar-refractivity contribution is 1.34. The van der Waals surface area contributed by atoms with Crippen LogP contribution in [0.1, 0.15) is 11.1 Å². The van der Waals surface area contributed by atoms with Gasteiger partial charge in [-0.3, -0.25) is 0 Å². The van der Waals surface area contributed by atoms with E-state index in [2.05, 4.69) is 173 Å². The van der Waals surface area contributed by atoms with Gasteiger partial charge in [0.25, 0.3) is 0 Å². The van der Waals surface area contributed by atoms with E-state index in [1.165, 1.54) is 88.0 Å². The van der Waals surface area contributed by atoms with Gasteiger partial charge in [-0.2, -0.15) is 0 Å². The number of fused-ring (bicyclic) bond motifs is 6. The van der Waals surface area contributed by atoms with Gasteiger partial charge in [0.15, 0.2) is 0 Å². The van der Waals surface area contributed by atoms with Crippen molar-refractivity contribution < 1.29 is 0 Å². The van der Waals surface area contributed by atoms with Crippen molar-refractivity contribution in [1.29, 1.82) is 0 Å². The Bertz CT molecular complexity index is 2550. The Morgan fingerprint density at radius 2 is 1.00 bits per heavy atom. The lowest BCUT2D eigenvalue weighted by atomic mass is 9.83. The van der Waals surface area contributed by atoms with Crippen LogP contribution in [0.15, 0.2) is 146 Å². The van der Waals surface area contributed by atoms with Gasteiger partial charge < -0.3 is 0 Å². The van der Waals surface area contributed by atoms with E-state index in [1.54, 1.807) is 10.4 Å². The van der Waals surface area contributed by atoms with Crippen LogP contribution in [0.4, 0.5) is 0 Å². The summed E-state index contributed by atoms with van der Waals surface area (Å²) in [7, 11) is -1.89. The maximum Gasteiger partial charge on any atom is 0.113 e. The van der Waals surface area contributed by atoms with Gasteiger partial charge in [0, 0.05) is 0 Å². The molecule has 0 aliphatic carbocycles. The summed E-state index contributed by atoms with van der Waals surface area (Å²) in [4.78, 5) is 0. The van der Waals surface area contributed by atoms with Crippen molar-refractivity contribution in [2.24, 2.45) is 0 Å². The largest absolute Gasteiger partial charge is 0.113 e. The standard InChI is InChI=1S/C46H36Si/c1-29-18-19-36(24-30(29)2)46-38-23-22-35(34-21-20-31-12-8-9-15-33(31)25-34)26-40(38)45(32-13-6-5-7-14-32)42-28-44-39(27-41(42)46)37-16-10-11-17-43(37)47(44,3)4/h5-28H,1-4H3. The number of hydrogen-bond acceptors (Lipinski definition) is 0. The average molecular weight is 617 g/mol. The zero-order valence-corrected chi connectivity index (χ0v) is 28.4. The van der Waals surface area contributed by atoms with Crippen molar-refractivity contribution in [1.82, 2.24) is 0 Å². The monoisotopic (exact) mass is 616 g/mol. The molecule has 1 heterocycles. The topological polar surface area (TPSA) is 0 Å². The van der Waals surface area contributed by atoms with Gasteiger partial charge in [0.1, 0.15) is 8.07 Å². The molecule has 0 atom stereocenters. The third-order valence-electron chi connectivity index (χ3n) is 10.8. The zero-order valence-electron chi connectivity index (χ0n) is 27.4. The highest BCUT2D eigenvalue weighted by molar-refractivity contribution is 7.04. The maximum absolute atomic E-state index is 2.59. The summed E-state index contributed by atoms with van der Waals surface area (Å²) in [6, 6.07) is 55.0. The van der Waals surface area contributed by atoms with E-state index in [-0.39, 0.29) is 0 Å². The highest BCUT2D eigenvalue weighted by Gasteiger charge is 2.38. The van der Waals surface area contributed by atoms with E-state index < -0.39 is 8.07 Å². The molecule has 0 aromatic heterocycles. The molecule has 9 rings (SSSR count). The SMILES string of the molecule is Cc1ccc(-c2c3ccc(-c4ccc5ccccc5c4)cc3c(-c3ccccc3)c3cc4c(cc23)-c2ccccc2[Si]4(C)C)cc1C. The first-order chi connectivity index (χ1) is 22.9. The van der Waals surface area contributed by atoms with Crippen molar-refractivity contribution in [3.63, 3.8) is 0 Å². The van der Waals surface area contributed by atoms with Crippen molar-refractivity contribution in [3.8, 4) is 44.5 Å². The molecule has 1 aliphatic heterocycles. The number of hydrogen-bond donors (Lipinski definition) is 0. The van der Waals surface area contributed by atoms with Crippen LogP contribution in [-0.2, 0) is 0 Å². The molecular formula is C46H36Si. The minimum absolute atomic E-state index is 1.24. The molecule has 0 amide bonds. The first-order valence-corrected chi connectivity index (χ1v) is 19.7. The summed E-state index contributed by atoms with van der Waals surface area (Å²) in [5.41, 5.74) is 13.2. The Morgan fingerprint density at radius 3 is 1.83 bits per heavy atom. The highest BCUT2D eigenvalue weighted by Crippen LogP contribution is 2.47. The summed E-state index contributed by atoms with van der Waals surface area (Å²) < 4.78 is 0. The van der Waals surface area contributed by atoms with Gasteiger partial charge in [0.05, 0.1) is 0 Å². The van der Waals surface area contributed by atoms with Crippen molar-refractivity contribution in [2.45, 2.75) is 26.9 Å². The molecule has 0 N–H and O–H groups in total. The molecule has 0 spiro atoms. The minimum atomic E-state index is -1.89. The van der Waals surface area contributed by atoms with Crippen LogP contribution in [0, 0.1) is 13.8 Å². The van der Waals surface area contributed by atoms with E-state index >= 15 is 0 Å². The summed E-state index contributed by atoms with van der Waals surface area (Å²) in [6.45, 7) is 9.49. The van der Waals surface area contributed by atoms with E-state index in [4.69, 9.17) is 0 Å². The molecule has 0 saturated heterocycles. The Labute approximate surface area is 278 Å². The Balaban J connectivity index is 1.45. The summed E-state index contributed by atoms with van der Waals surface area (Å²) in [5.74, 6) is 0. The number of aryl methyl sites for hydroxylation is 2. The predicted octanol–water partition coefficient (Wildman–Crippen LogP) is 11.6. The minimum Gasteiger partial charge on any atom is -0.0623 e. The third-order valence-corrected chi connectivity index (χ3v) is 14.3. The molecule has 8 aromatic rings. The van der Waals surface area contributed by atoms with Crippen molar-refractivity contribution >= 4 is 50.8 Å². The molecule has 8 aromatic carbocycles. The zero-order chi connectivity index (χ0) is 31.9. The predicted molar refractivity (Wildman–Crippen MR) is 207 cm³/mol. The fraction of sp³-hybridized carbons (Fsp3) is 0.0870. The molecule has 0 radical (unpaired) electrons. The molecule has 47 heavy (non-hydrogen) atoms. The van der Waals surface area contributed by atoms with Crippen LogP contribution in [0.2, 0.25) is 13.1 Å². The van der Waals surface area contributed by atoms with Gasteiger partial charge in [-0.15, -0.1) is 0 Å². The van der Waals surface area contributed by atoms with Gasteiger partial charge in [-0.1, -0.05) is 140 Å². The van der Waals surface area contributed by atoms with Gasteiger partial charge in [-0.25, -0.2) is 0 Å².